The van der Waals surface area contributed by atoms with Gasteiger partial charge in [-0.15, -0.1) is 0 Å². The first kappa shape index (κ1) is 9.91. The Bertz CT molecular complexity index is 63.9. The first-order chi connectivity index (χ1) is 4.18. The van der Waals surface area contributed by atoms with Crippen LogP contribution < -0.4 is 0 Å². The average molecular weight is 211 g/mol. The Kier molecular flexibility index (Phi) is 6.25. The minimum Gasteiger partial charge on any atom is -0.0654 e. The average Bonchev–Trinajstić information content (AvgIpc) is 1.82. The topological polar surface area (TPSA) is 0 Å². The van der Waals surface area contributed by atoms with Crippen molar-refractivity contribution < 1.29 is 0 Å². The molecule has 0 aromatic rings. The summed E-state index contributed by atoms with van der Waals surface area (Å²) in [5.74, 6) is 0. The predicted molar refractivity (Wildman–Crippen MR) is 50.8 cm³/mol. The monoisotopic (exact) mass is 210 g/mol. The van der Waals surface area contributed by atoms with Gasteiger partial charge in [-0.05, 0) is 24.9 Å². The minimum absolute atomic E-state index is 0.167. The van der Waals surface area contributed by atoms with Crippen LogP contribution >= 0.6 is 22.1 Å². The highest BCUT2D eigenvalue weighted by Crippen LogP contribution is 2.49. The molecule has 0 saturated carbocycles. The molecule has 0 rings (SSSR count). The quantitative estimate of drug-likeness (QED) is 0.616. The van der Waals surface area contributed by atoms with E-state index < -0.39 is 0 Å². The zero-order valence-electron chi connectivity index (χ0n) is 6.52. The second-order valence-electron chi connectivity index (χ2n) is 2.57. The molecular weight excluding hydrogens is 195 g/mol. The Morgan fingerprint density at radius 2 is 2.00 bits per heavy atom. The highest BCUT2D eigenvalue weighted by atomic mass is 79.9. The van der Waals surface area contributed by atoms with E-state index in [0.29, 0.717) is 0 Å². The van der Waals surface area contributed by atoms with Crippen molar-refractivity contribution in [2.24, 2.45) is 0 Å². The van der Waals surface area contributed by atoms with Gasteiger partial charge in [0.2, 0.25) is 0 Å². The van der Waals surface area contributed by atoms with E-state index in [2.05, 4.69) is 36.3 Å². The normalized spacial score (nSPS) is 14.3. The van der Waals surface area contributed by atoms with Gasteiger partial charge in [0.25, 0.3) is 0 Å². The van der Waals surface area contributed by atoms with Gasteiger partial charge in [0.15, 0.2) is 0 Å². The summed E-state index contributed by atoms with van der Waals surface area (Å²) in [4.78, 5) is 0. The molecule has 0 fully saturated rings. The largest absolute Gasteiger partial charge is 0.0654 e. The summed E-state index contributed by atoms with van der Waals surface area (Å²) in [6.45, 7) is 6.99. The molecule has 0 aliphatic rings. The van der Waals surface area contributed by atoms with E-state index >= 15 is 0 Å². The van der Waals surface area contributed by atoms with Crippen LogP contribution in [0.1, 0.15) is 33.6 Å². The Labute approximate surface area is 67.9 Å². The van der Waals surface area contributed by atoms with Crippen LogP contribution in [-0.4, -0.2) is 11.8 Å². The van der Waals surface area contributed by atoms with Crippen molar-refractivity contribution in [1.82, 2.24) is 0 Å². The van der Waals surface area contributed by atoms with Gasteiger partial charge in [-0.3, -0.25) is 0 Å². The van der Waals surface area contributed by atoms with Gasteiger partial charge in [-0.25, -0.2) is 0 Å². The summed E-state index contributed by atoms with van der Waals surface area (Å²) in [6, 6.07) is 0. The van der Waals surface area contributed by atoms with Crippen molar-refractivity contribution in [2.75, 3.05) is 6.16 Å². The summed E-state index contributed by atoms with van der Waals surface area (Å²) in [7, 11) is 0. The molecule has 0 radical (unpaired) electrons. The van der Waals surface area contributed by atoms with Crippen LogP contribution in [0.5, 0.6) is 0 Å². The van der Waals surface area contributed by atoms with Gasteiger partial charge in [-0.2, -0.15) is 0 Å². The van der Waals surface area contributed by atoms with E-state index in [-0.39, 0.29) is 6.62 Å². The van der Waals surface area contributed by atoms with Gasteiger partial charge < -0.3 is 0 Å². The van der Waals surface area contributed by atoms with Crippen LogP contribution in [0.2, 0.25) is 0 Å². The number of halogens is 1. The lowest BCUT2D eigenvalue weighted by atomic mass is 10.4. The van der Waals surface area contributed by atoms with Gasteiger partial charge in [0.05, 0.1) is 0 Å². The molecule has 0 bridgehead atoms. The van der Waals surface area contributed by atoms with Gasteiger partial charge in [0, 0.05) is 0 Å². The van der Waals surface area contributed by atoms with E-state index in [0.717, 1.165) is 5.66 Å². The third-order valence-corrected chi connectivity index (χ3v) is 6.67. The third-order valence-electron chi connectivity index (χ3n) is 1.29. The predicted octanol–water partition coefficient (Wildman–Crippen LogP) is 3.99. The van der Waals surface area contributed by atoms with Gasteiger partial charge in [0.1, 0.15) is 0 Å². The van der Waals surface area contributed by atoms with E-state index in [1.165, 1.54) is 19.0 Å². The standard InChI is InChI=1S/C7H16BrP/c1-4-5-6-9(8)7(2)3/h7H,4-6H2,1-3H3. The maximum Gasteiger partial charge on any atom is -0.0168 e. The third kappa shape index (κ3) is 5.36. The Morgan fingerprint density at radius 1 is 1.44 bits per heavy atom. The molecule has 0 aromatic carbocycles. The van der Waals surface area contributed by atoms with Crippen molar-refractivity contribution >= 4 is 22.1 Å². The lowest BCUT2D eigenvalue weighted by molar-refractivity contribution is 0.888. The molecule has 1 atom stereocenters. The fourth-order valence-corrected chi connectivity index (χ4v) is 2.45. The lowest BCUT2D eigenvalue weighted by Crippen LogP contribution is -1.90. The number of unbranched alkanes of at least 4 members (excludes halogenated alkanes) is 1. The smallest absolute Gasteiger partial charge is 0.0168 e. The number of hydrogen-bond donors (Lipinski definition) is 0. The lowest BCUT2D eigenvalue weighted by Gasteiger charge is -2.12. The highest BCUT2D eigenvalue weighted by Gasteiger charge is 2.05. The zero-order valence-corrected chi connectivity index (χ0v) is 9.00. The van der Waals surface area contributed by atoms with E-state index in [4.69, 9.17) is 0 Å². The molecule has 9 heavy (non-hydrogen) atoms. The molecular formula is C7H16BrP. The summed E-state index contributed by atoms with van der Waals surface area (Å²) in [5.41, 5.74) is 0.853. The van der Waals surface area contributed by atoms with Crippen molar-refractivity contribution in [3.8, 4) is 0 Å². The summed E-state index contributed by atoms with van der Waals surface area (Å²) in [6.07, 6.45) is 4.11. The minimum atomic E-state index is 0.167. The molecule has 0 nitrogen and oxygen atoms in total. The van der Waals surface area contributed by atoms with E-state index in [1.54, 1.807) is 0 Å². The van der Waals surface area contributed by atoms with Gasteiger partial charge >= 0.3 is 0 Å². The molecule has 0 spiro atoms. The van der Waals surface area contributed by atoms with Crippen LogP contribution in [0, 0.1) is 0 Å². The van der Waals surface area contributed by atoms with Crippen LogP contribution in [0.15, 0.2) is 0 Å². The summed E-state index contributed by atoms with van der Waals surface area (Å²) < 4.78 is 0. The Balaban J connectivity index is 3.16. The van der Waals surface area contributed by atoms with Crippen LogP contribution in [0.25, 0.3) is 0 Å². The molecule has 56 valence electrons. The van der Waals surface area contributed by atoms with E-state index in [1.807, 2.05) is 0 Å². The molecule has 2 heteroatoms. The Morgan fingerprint density at radius 3 is 2.33 bits per heavy atom. The van der Waals surface area contributed by atoms with Crippen LogP contribution in [0.4, 0.5) is 0 Å². The maximum atomic E-state index is 3.71. The van der Waals surface area contributed by atoms with Crippen molar-refractivity contribution in [3.05, 3.63) is 0 Å². The van der Waals surface area contributed by atoms with Crippen LogP contribution in [-0.2, 0) is 0 Å². The molecule has 0 aliphatic heterocycles. The molecule has 0 heterocycles. The molecule has 0 aromatic heterocycles. The fraction of sp³-hybridized carbons (Fsp3) is 1.00. The summed E-state index contributed by atoms with van der Waals surface area (Å²) >= 11 is 3.71. The molecule has 0 N–H and O–H groups in total. The molecule has 1 unspecified atom stereocenters. The Hall–Kier alpha value is 0.910. The molecule has 0 amide bonds. The fourth-order valence-electron chi connectivity index (χ4n) is 0.567. The highest BCUT2D eigenvalue weighted by molar-refractivity contribution is 9.39. The first-order valence-electron chi connectivity index (χ1n) is 3.61. The first-order valence-corrected chi connectivity index (χ1v) is 7.22. The van der Waals surface area contributed by atoms with Crippen LogP contribution in [0.3, 0.4) is 0 Å². The van der Waals surface area contributed by atoms with E-state index in [9.17, 15) is 0 Å². The molecule has 0 saturated heterocycles. The summed E-state index contributed by atoms with van der Waals surface area (Å²) in [5, 5.41) is 0. The van der Waals surface area contributed by atoms with Gasteiger partial charge in [-0.1, -0.05) is 42.7 Å². The second kappa shape index (κ2) is 5.68. The molecule has 0 aliphatic carbocycles. The SMILES string of the molecule is CCCCP(Br)C(C)C. The zero-order chi connectivity index (χ0) is 7.28. The van der Waals surface area contributed by atoms with Crippen molar-refractivity contribution in [2.45, 2.75) is 39.3 Å². The number of hydrogen-bond acceptors (Lipinski definition) is 0. The second-order valence-corrected chi connectivity index (χ2v) is 7.58. The van der Waals surface area contributed by atoms with Crippen molar-refractivity contribution in [3.63, 3.8) is 0 Å². The maximum absolute atomic E-state index is 3.71. The number of rotatable bonds is 4. The van der Waals surface area contributed by atoms with Crippen molar-refractivity contribution in [1.29, 1.82) is 0 Å².